The topological polar surface area (TPSA) is 32.5 Å². The predicted octanol–water partition coefficient (Wildman–Crippen LogP) is 4.15. The summed E-state index contributed by atoms with van der Waals surface area (Å²) in [5, 5.41) is 6.26. The maximum Gasteiger partial charge on any atom is 0.137 e. The minimum absolute atomic E-state index is 0.961. The van der Waals surface area contributed by atoms with Crippen LogP contribution in [0.1, 0.15) is 17.7 Å². The molecule has 4 nitrogen and oxygen atoms in total. The van der Waals surface area contributed by atoms with E-state index in [0.717, 1.165) is 63.6 Å². The lowest BCUT2D eigenvalue weighted by molar-refractivity contribution is 0.126. The van der Waals surface area contributed by atoms with Gasteiger partial charge in [0.1, 0.15) is 11.5 Å². The van der Waals surface area contributed by atoms with Gasteiger partial charge in [-0.2, -0.15) is 0 Å². The van der Waals surface area contributed by atoms with E-state index < -0.39 is 0 Å². The molecule has 3 aromatic rings. The molecule has 1 aliphatic rings. The number of benzene rings is 1. The molecule has 0 radical (unpaired) electrons. The molecule has 1 aromatic carbocycles. The molecule has 5 heteroatoms. The summed E-state index contributed by atoms with van der Waals surface area (Å²) in [5.41, 5.74) is 2.37. The number of aryl methyl sites for hydroxylation is 1. The Kier molecular flexibility index (Phi) is 5.79. The summed E-state index contributed by atoms with van der Waals surface area (Å²) in [6.07, 6.45) is 2.08. The average Bonchev–Trinajstić information content (AvgIpc) is 3.36. The molecular weight excluding hydrogens is 342 g/mol. The van der Waals surface area contributed by atoms with Gasteiger partial charge in [-0.15, -0.1) is 11.3 Å². The fourth-order valence-electron chi connectivity index (χ4n) is 3.46. The molecule has 0 unspecified atom stereocenters. The number of hydrogen-bond acceptors (Lipinski definition) is 5. The third-order valence-corrected chi connectivity index (χ3v) is 5.84. The van der Waals surface area contributed by atoms with Gasteiger partial charge in [0.2, 0.25) is 0 Å². The molecule has 0 N–H and O–H groups in total. The molecule has 1 aliphatic heterocycles. The summed E-state index contributed by atoms with van der Waals surface area (Å²) in [6, 6.07) is 17.0. The Bertz CT molecular complexity index is 777. The van der Waals surface area contributed by atoms with E-state index >= 15 is 0 Å². The van der Waals surface area contributed by atoms with Gasteiger partial charge in [-0.25, -0.2) is 0 Å². The van der Waals surface area contributed by atoms with Crippen LogP contribution in [-0.2, 0) is 13.0 Å². The van der Waals surface area contributed by atoms with Crippen LogP contribution in [0.4, 0.5) is 0 Å². The molecule has 1 saturated heterocycles. The van der Waals surface area contributed by atoms with Gasteiger partial charge >= 0.3 is 0 Å². The lowest BCUT2D eigenvalue weighted by Gasteiger charge is -2.34. The zero-order chi connectivity index (χ0) is 17.6. The maximum atomic E-state index is 5.49. The normalized spacial score (nSPS) is 16.2. The van der Waals surface area contributed by atoms with Gasteiger partial charge in [0, 0.05) is 45.2 Å². The molecule has 1 fully saturated rings. The summed E-state index contributed by atoms with van der Waals surface area (Å²) in [5.74, 6) is 0.996. The van der Waals surface area contributed by atoms with Crippen molar-refractivity contribution in [1.29, 1.82) is 0 Å². The highest BCUT2D eigenvalue weighted by Gasteiger charge is 2.17. The van der Waals surface area contributed by atoms with Gasteiger partial charge in [0.25, 0.3) is 0 Å². The molecule has 0 atom stereocenters. The quantitative estimate of drug-likeness (QED) is 0.628. The predicted molar refractivity (Wildman–Crippen MR) is 106 cm³/mol. The standard InChI is InChI=1S/C21H25N3OS/c1-2-6-18(7-3-1)17-24-13-11-23(12-14-24)10-4-8-19-16-20(22-25-19)21-9-5-15-26-21/h1-3,5-7,9,15-16H,4,8,10-14,17H2. The summed E-state index contributed by atoms with van der Waals surface area (Å²) in [7, 11) is 0. The van der Waals surface area contributed by atoms with Crippen LogP contribution in [0.25, 0.3) is 10.6 Å². The molecular formula is C21H25N3OS. The van der Waals surface area contributed by atoms with E-state index in [1.165, 1.54) is 10.4 Å². The second-order valence-electron chi connectivity index (χ2n) is 6.86. The SMILES string of the molecule is c1ccc(CN2CCN(CCCc3cc(-c4cccs4)no3)CC2)cc1. The minimum atomic E-state index is 0.961. The summed E-state index contributed by atoms with van der Waals surface area (Å²) in [6.45, 7) is 6.82. The van der Waals surface area contributed by atoms with Crippen molar-refractivity contribution in [3.63, 3.8) is 0 Å². The first-order valence-electron chi connectivity index (χ1n) is 9.35. The lowest BCUT2D eigenvalue weighted by Crippen LogP contribution is -2.46. The highest BCUT2D eigenvalue weighted by molar-refractivity contribution is 7.13. The van der Waals surface area contributed by atoms with Gasteiger partial charge in [-0.3, -0.25) is 4.90 Å². The van der Waals surface area contributed by atoms with E-state index in [4.69, 9.17) is 4.52 Å². The number of rotatable bonds is 7. The van der Waals surface area contributed by atoms with Crippen LogP contribution in [0, 0.1) is 0 Å². The van der Waals surface area contributed by atoms with Crippen molar-refractivity contribution in [1.82, 2.24) is 15.0 Å². The summed E-state index contributed by atoms with van der Waals surface area (Å²) in [4.78, 5) is 6.29. The largest absolute Gasteiger partial charge is 0.361 e. The van der Waals surface area contributed by atoms with Gasteiger partial charge in [0.15, 0.2) is 0 Å². The molecule has 26 heavy (non-hydrogen) atoms. The number of hydrogen-bond donors (Lipinski definition) is 0. The van der Waals surface area contributed by atoms with Crippen LogP contribution in [0.2, 0.25) is 0 Å². The highest BCUT2D eigenvalue weighted by atomic mass is 32.1. The van der Waals surface area contributed by atoms with E-state index in [2.05, 4.69) is 62.8 Å². The van der Waals surface area contributed by atoms with Crippen LogP contribution in [-0.4, -0.2) is 47.7 Å². The first-order chi connectivity index (χ1) is 12.9. The zero-order valence-electron chi connectivity index (χ0n) is 15.0. The molecule has 3 heterocycles. The Hall–Kier alpha value is -1.95. The summed E-state index contributed by atoms with van der Waals surface area (Å²) >= 11 is 1.70. The number of piperazine rings is 1. The molecule has 4 rings (SSSR count). The third-order valence-electron chi connectivity index (χ3n) is 4.94. The van der Waals surface area contributed by atoms with Gasteiger partial charge in [0.05, 0.1) is 4.88 Å². The van der Waals surface area contributed by atoms with Gasteiger partial charge in [-0.1, -0.05) is 41.6 Å². The van der Waals surface area contributed by atoms with Crippen LogP contribution >= 0.6 is 11.3 Å². The molecule has 0 bridgehead atoms. The highest BCUT2D eigenvalue weighted by Crippen LogP contribution is 2.24. The van der Waals surface area contributed by atoms with Crippen molar-refractivity contribution in [3.05, 3.63) is 65.2 Å². The average molecular weight is 368 g/mol. The Morgan fingerprint density at radius 1 is 0.962 bits per heavy atom. The van der Waals surface area contributed by atoms with E-state index in [1.54, 1.807) is 11.3 Å². The Balaban J connectivity index is 1.17. The van der Waals surface area contributed by atoms with E-state index in [0.29, 0.717) is 0 Å². The fourth-order valence-corrected chi connectivity index (χ4v) is 4.14. The Morgan fingerprint density at radius 2 is 1.77 bits per heavy atom. The van der Waals surface area contributed by atoms with E-state index in [-0.39, 0.29) is 0 Å². The maximum absolute atomic E-state index is 5.49. The van der Waals surface area contributed by atoms with Crippen LogP contribution < -0.4 is 0 Å². The van der Waals surface area contributed by atoms with Crippen molar-refractivity contribution in [2.45, 2.75) is 19.4 Å². The van der Waals surface area contributed by atoms with Gasteiger partial charge in [-0.05, 0) is 30.0 Å². The first kappa shape index (κ1) is 17.5. The second-order valence-corrected chi connectivity index (χ2v) is 7.81. The van der Waals surface area contributed by atoms with Crippen molar-refractivity contribution in [2.75, 3.05) is 32.7 Å². The van der Waals surface area contributed by atoms with Crippen LogP contribution in [0.3, 0.4) is 0 Å². The zero-order valence-corrected chi connectivity index (χ0v) is 15.8. The summed E-state index contributed by atoms with van der Waals surface area (Å²) < 4.78 is 5.49. The first-order valence-corrected chi connectivity index (χ1v) is 10.2. The van der Waals surface area contributed by atoms with Crippen molar-refractivity contribution in [2.24, 2.45) is 0 Å². The van der Waals surface area contributed by atoms with Crippen molar-refractivity contribution >= 4 is 11.3 Å². The molecule has 136 valence electrons. The minimum Gasteiger partial charge on any atom is -0.361 e. The molecule has 0 spiro atoms. The lowest BCUT2D eigenvalue weighted by atomic mass is 10.2. The van der Waals surface area contributed by atoms with Crippen molar-refractivity contribution in [3.8, 4) is 10.6 Å². The van der Waals surface area contributed by atoms with E-state index in [9.17, 15) is 0 Å². The fraction of sp³-hybridized carbons (Fsp3) is 0.381. The monoisotopic (exact) mass is 367 g/mol. The van der Waals surface area contributed by atoms with Crippen LogP contribution in [0.15, 0.2) is 58.4 Å². The number of nitrogens with zero attached hydrogens (tertiary/aromatic N) is 3. The number of thiophene rings is 1. The van der Waals surface area contributed by atoms with Crippen molar-refractivity contribution < 1.29 is 4.52 Å². The molecule has 2 aromatic heterocycles. The van der Waals surface area contributed by atoms with Crippen LogP contribution in [0.5, 0.6) is 0 Å². The number of aromatic nitrogens is 1. The third kappa shape index (κ3) is 4.61. The smallest absolute Gasteiger partial charge is 0.137 e. The van der Waals surface area contributed by atoms with Gasteiger partial charge < -0.3 is 9.42 Å². The molecule has 0 aliphatic carbocycles. The van der Waals surface area contributed by atoms with E-state index in [1.807, 2.05) is 6.07 Å². The molecule has 0 amide bonds. The Morgan fingerprint density at radius 3 is 2.54 bits per heavy atom. The second kappa shape index (κ2) is 8.62. The molecule has 0 saturated carbocycles. The Labute approximate surface area is 159 Å².